The number of halogens is 2. The highest BCUT2D eigenvalue weighted by Crippen LogP contribution is 2.29. The molecule has 0 aromatic heterocycles. The molecule has 0 spiro atoms. The van der Waals surface area contributed by atoms with E-state index < -0.39 is 38.5 Å². The maximum atomic E-state index is 13.1. The van der Waals surface area contributed by atoms with Crippen molar-refractivity contribution in [3.63, 3.8) is 0 Å². The minimum Gasteiger partial charge on any atom is -0.452 e. The Labute approximate surface area is 226 Å². The van der Waals surface area contributed by atoms with E-state index in [0.29, 0.717) is 13.1 Å². The second-order valence-electron chi connectivity index (χ2n) is 8.52. The fourth-order valence-electron chi connectivity index (χ4n) is 3.62. The zero-order valence-corrected chi connectivity index (χ0v) is 23.4. The molecule has 1 fully saturated rings. The average molecular weight is 593 g/mol. The number of amides is 1. The van der Waals surface area contributed by atoms with Crippen LogP contribution in [0.15, 0.2) is 46.2 Å². The van der Waals surface area contributed by atoms with Gasteiger partial charge in [0, 0.05) is 27.2 Å². The monoisotopic (exact) mass is 591 g/mol. The standard InChI is InChI=1S/C23H27Cl2N3O7S2/c1-27(2)36(31,32)17-8-10-18(24)20(14-17)26-22(29)15-35-23(30)16-7-9-19(25)21(13-16)37(33,34)28-11-5-3-4-6-12-28/h7-10,13-14H,3-6,11-12,15H2,1-2H3,(H,26,29). The third-order valence-electron chi connectivity index (χ3n) is 5.67. The normalized spacial score (nSPS) is 15.3. The largest absolute Gasteiger partial charge is 0.452 e. The molecule has 1 heterocycles. The van der Waals surface area contributed by atoms with Gasteiger partial charge < -0.3 is 10.1 Å². The van der Waals surface area contributed by atoms with Crippen LogP contribution in [0.3, 0.4) is 0 Å². The lowest BCUT2D eigenvalue weighted by molar-refractivity contribution is -0.119. The molecule has 14 heteroatoms. The summed E-state index contributed by atoms with van der Waals surface area (Å²) in [7, 11) is -4.96. The molecule has 10 nitrogen and oxygen atoms in total. The molecule has 3 rings (SSSR count). The average Bonchev–Trinajstić information content (AvgIpc) is 3.14. The van der Waals surface area contributed by atoms with Gasteiger partial charge in [-0.25, -0.2) is 25.9 Å². The maximum Gasteiger partial charge on any atom is 0.338 e. The molecule has 2 aromatic carbocycles. The molecule has 0 unspecified atom stereocenters. The summed E-state index contributed by atoms with van der Waals surface area (Å²) >= 11 is 12.2. The molecule has 1 amide bonds. The summed E-state index contributed by atoms with van der Waals surface area (Å²) < 4.78 is 58.4. The second kappa shape index (κ2) is 12.1. The van der Waals surface area contributed by atoms with Gasteiger partial charge in [-0.1, -0.05) is 36.0 Å². The van der Waals surface area contributed by atoms with E-state index in [1.54, 1.807) is 0 Å². The molecule has 0 bridgehead atoms. The SMILES string of the molecule is CN(C)S(=O)(=O)c1ccc(Cl)c(NC(=O)COC(=O)c2ccc(Cl)c(S(=O)(=O)N3CCCCCC3)c2)c1. The highest BCUT2D eigenvalue weighted by atomic mass is 35.5. The molecule has 0 saturated carbocycles. The lowest BCUT2D eigenvalue weighted by Gasteiger charge is -2.21. The van der Waals surface area contributed by atoms with Gasteiger partial charge in [0.05, 0.1) is 26.2 Å². The molecule has 0 aliphatic carbocycles. The van der Waals surface area contributed by atoms with Gasteiger partial charge >= 0.3 is 5.97 Å². The van der Waals surface area contributed by atoms with Crippen molar-refractivity contribution in [1.82, 2.24) is 8.61 Å². The van der Waals surface area contributed by atoms with Gasteiger partial charge in [-0.15, -0.1) is 0 Å². The molecule has 1 saturated heterocycles. The van der Waals surface area contributed by atoms with Gasteiger partial charge in [-0.3, -0.25) is 4.79 Å². The van der Waals surface area contributed by atoms with Crippen molar-refractivity contribution < 1.29 is 31.2 Å². The Hall–Kier alpha value is -2.22. The zero-order chi connectivity index (χ0) is 27.4. The number of hydrogen-bond donors (Lipinski definition) is 1. The van der Waals surface area contributed by atoms with Crippen molar-refractivity contribution in [3.8, 4) is 0 Å². The first kappa shape index (κ1) is 29.3. The van der Waals surface area contributed by atoms with Gasteiger partial charge in [-0.2, -0.15) is 4.31 Å². The Kier molecular flexibility index (Phi) is 9.59. The highest BCUT2D eigenvalue weighted by molar-refractivity contribution is 7.89. The lowest BCUT2D eigenvalue weighted by Crippen LogP contribution is -2.32. The number of carbonyl (C=O) groups excluding carboxylic acids is 2. The molecule has 1 N–H and O–H groups in total. The number of carbonyl (C=O) groups is 2. The molecule has 2 aromatic rings. The van der Waals surface area contributed by atoms with Crippen molar-refractivity contribution in [2.45, 2.75) is 35.5 Å². The van der Waals surface area contributed by atoms with Crippen molar-refractivity contribution in [3.05, 3.63) is 52.0 Å². The van der Waals surface area contributed by atoms with Gasteiger partial charge in [0.1, 0.15) is 4.90 Å². The van der Waals surface area contributed by atoms with Crippen molar-refractivity contribution in [1.29, 1.82) is 0 Å². The number of benzene rings is 2. The summed E-state index contributed by atoms with van der Waals surface area (Å²) in [6.07, 6.45) is 3.35. The van der Waals surface area contributed by atoms with Crippen LogP contribution in [-0.2, 0) is 29.6 Å². The fourth-order valence-corrected chi connectivity index (χ4v) is 6.73. The van der Waals surface area contributed by atoms with Crippen LogP contribution < -0.4 is 5.32 Å². The molecular weight excluding hydrogens is 565 g/mol. The molecule has 37 heavy (non-hydrogen) atoms. The Balaban J connectivity index is 1.71. The Morgan fingerprint density at radius 3 is 2.19 bits per heavy atom. The minimum absolute atomic E-state index is 0.0166. The highest BCUT2D eigenvalue weighted by Gasteiger charge is 2.28. The van der Waals surface area contributed by atoms with E-state index in [9.17, 15) is 26.4 Å². The number of esters is 1. The van der Waals surface area contributed by atoms with E-state index in [1.165, 1.54) is 48.7 Å². The van der Waals surface area contributed by atoms with E-state index >= 15 is 0 Å². The number of nitrogens with one attached hydrogen (secondary N) is 1. The summed E-state index contributed by atoms with van der Waals surface area (Å²) in [5.41, 5.74) is -0.0781. The van der Waals surface area contributed by atoms with Crippen LogP contribution >= 0.6 is 23.2 Å². The summed E-state index contributed by atoms with van der Waals surface area (Å²) in [5, 5.41) is 2.46. The van der Waals surface area contributed by atoms with Crippen LogP contribution in [-0.4, -0.2) is 71.1 Å². The third-order valence-corrected chi connectivity index (χ3v) is 10.2. The van der Waals surface area contributed by atoms with Crippen molar-refractivity contribution in [2.24, 2.45) is 0 Å². The van der Waals surface area contributed by atoms with Crippen LogP contribution in [0, 0.1) is 0 Å². The summed E-state index contributed by atoms with van der Waals surface area (Å²) in [6, 6.07) is 7.53. The topological polar surface area (TPSA) is 130 Å². The molecule has 1 aliphatic heterocycles. The van der Waals surface area contributed by atoms with E-state index in [-0.39, 0.29) is 31.1 Å². The zero-order valence-electron chi connectivity index (χ0n) is 20.2. The minimum atomic E-state index is -3.92. The lowest BCUT2D eigenvalue weighted by atomic mass is 10.2. The molecule has 202 valence electrons. The van der Waals surface area contributed by atoms with Crippen LogP contribution in [0.4, 0.5) is 5.69 Å². The first-order valence-corrected chi connectivity index (χ1v) is 15.0. The Bertz CT molecular complexity index is 1390. The van der Waals surface area contributed by atoms with Gasteiger partial charge in [0.25, 0.3) is 5.91 Å². The first-order valence-electron chi connectivity index (χ1n) is 11.3. The first-order chi connectivity index (χ1) is 17.3. The van der Waals surface area contributed by atoms with Gasteiger partial charge in [-0.05, 0) is 49.2 Å². The maximum absolute atomic E-state index is 13.1. The Morgan fingerprint density at radius 2 is 1.57 bits per heavy atom. The van der Waals surface area contributed by atoms with E-state index in [1.807, 2.05) is 0 Å². The summed E-state index contributed by atoms with van der Waals surface area (Å²) in [4.78, 5) is 24.7. The molecule has 0 radical (unpaired) electrons. The van der Waals surface area contributed by atoms with Gasteiger partial charge in [0.2, 0.25) is 20.0 Å². The van der Waals surface area contributed by atoms with E-state index in [2.05, 4.69) is 5.32 Å². The van der Waals surface area contributed by atoms with E-state index in [4.69, 9.17) is 27.9 Å². The Morgan fingerprint density at radius 1 is 0.946 bits per heavy atom. The number of anilines is 1. The quantitative estimate of drug-likeness (QED) is 0.464. The molecular formula is C23H27Cl2N3O7S2. The van der Waals surface area contributed by atoms with E-state index in [0.717, 1.165) is 36.1 Å². The number of sulfonamides is 2. The number of nitrogens with zero attached hydrogens (tertiary/aromatic N) is 2. The van der Waals surface area contributed by atoms with Crippen LogP contribution in [0.25, 0.3) is 0 Å². The number of rotatable bonds is 8. The van der Waals surface area contributed by atoms with Crippen LogP contribution in [0.2, 0.25) is 10.0 Å². The molecule has 1 aliphatic rings. The predicted octanol–water partition coefficient (Wildman–Crippen LogP) is 3.60. The number of ether oxygens (including phenoxy) is 1. The molecule has 0 atom stereocenters. The fraction of sp³-hybridized carbons (Fsp3) is 0.391. The summed E-state index contributed by atoms with van der Waals surface area (Å²) in [6.45, 7) is 0.0108. The van der Waals surface area contributed by atoms with Crippen LogP contribution in [0.5, 0.6) is 0 Å². The second-order valence-corrected chi connectivity index (χ2v) is 13.4. The van der Waals surface area contributed by atoms with Crippen LogP contribution in [0.1, 0.15) is 36.0 Å². The third kappa shape index (κ3) is 7.01. The summed E-state index contributed by atoms with van der Waals surface area (Å²) in [5.74, 6) is -1.71. The van der Waals surface area contributed by atoms with Crippen molar-refractivity contribution in [2.75, 3.05) is 39.1 Å². The number of hydrogen-bond acceptors (Lipinski definition) is 7. The predicted molar refractivity (Wildman–Crippen MR) is 140 cm³/mol. The van der Waals surface area contributed by atoms with Crippen molar-refractivity contribution >= 4 is 60.8 Å². The van der Waals surface area contributed by atoms with Gasteiger partial charge in [0.15, 0.2) is 6.61 Å². The smallest absolute Gasteiger partial charge is 0.338 e.